The summed E-state index contributed by atoms with van der Waals surface area (Å²) in [5, 5.41) is 0. The van der Waals surface area contributed by atoms with Gasteiger partial charge in [-0.05, 0) is 19.4 Å². The predicted molar refractivity (Wildman–Crippen MR) is 72.0 cm³/mol. The van der Waals surface area contributed by atoms with E-state index in [4.69, 9.17) is 9.47 Å². The highest BCUT2D eigenvalue weighted by atomic mass is 16.5. The topological polar surface area (TPSA) is 69.7 Å². The van der Waals surface area contributed by atoms with Crippen LogP contribution in [0.25, 0.3) is 0 Å². The normalized spacial score (nSPS) is 13.1. The van der Waals surface area contributed by atoms with Crippen molar-refractivity contribution in [3.8, 4) is 0 Å². The molecule has 0 heterocycles. The van der Waals surface area contributed by atoms with Crippen molar-refractivity contribution in [2.24, 2.45) is 5.92 Å². The van der Waals surface area contributed by atoms with Crippen molar-refractivity contribution in [3.63, 3.8) is 0 Å². The van der Waals surface area contributed by atoms with Crippen LogP contribution in [-0.4, -0.2) is 31.4 Å². The van der Waals surface area contributed by atoms with Crippen LogP contribution in [0.1, 0.15) is 25.3 Å². The molecule has 5 nitrogen and oxygen atoms in total. The smallest absolute Gasteiger partial charge is 0.317 e. The third-order valence-electron chi connectivity index (χ3n) is 2.76. The van der Waals surface area contributed by atoms with Crippen LogP contribution in [0, 0.1) is 5.92 Å². The lowest BCUT2D eigenvalue weighted by atomic mass is 9.87. The number of rotatable bonds is 7. The summed E-state index contributed by atoms with van der Waals surface area (Å²) in [7, 11) is 0. The Morgan fingerprint density at radius 1 is 1.05 bits per heavy atom. The molecule has 1 aromatic carbocycles. The molecule has 0 saturated carbocycles. The molecule has 0 unspecified atom stereocenters. The lowest BCUT2D eigenvalue weighted by Crippen LogP contribution is -2.32. The maximum Gasteiger partial charge on any atom is 0.317 e. The number of carbonyl (C=O) groups excluding carboxylic acids is 3. The Morgan fingerprint density at radius 2 is 1.60 bits per heavy atom. The molecule has 1 aromatic rings. The van der Waals surface area contributed by atoms with Gasteiger partial charge >= 0.3 is 11.9 Å². The second-order valence-corrected chi connectivity index (χ2v) is 4.05. The van der Waals surface area contributed by atoms with E-state index in [1.54, 1.807) is 44.2 Å². The van der Waals surface area contributed by atoms with Gasteiger partial charge in [0.15, 0.2) is 0 Å². The van der Waals surface area contributed by atoms with Crippen molar-refractivity contribution in [1.82, 2.24) is 0 Å². The first-order valence-corrected chi connectivity index (χ1v) is 6.49. The predicted octanol–water partition coefficient (Wildman–Crippen LogP) is 1.71. The molecule has 20 heavy (non-hydrogen) atoms. The number of hydrogen-bond acceptors (Lipinski definition) is 5. The lowest BCUT2D eigenvalue weighted by Gasteiger charge is -2.20. The Labute approximate surface area is 117 Å². The van der Waals surface area contributed by atoms with Gasteiger partial charge in [0.2, 0.25) is 0 Å². The molecular formula is C15H18O5. The molecule has 0 aliphatic rings. The summed E-state index contributed by atoms with van der Waals surface area (Å²) >= 11 is 0. The zero-order chi connectivity index (χ0) is 15.0. The van der Waals surface area contributed by atoms with Gasteiger partial charge < -0.3 is 14.3 Å². The van der Waals surface area contributed by atoms with Crippen LogP contribution < -0.4 is 0 Å². The average molecular weight is 278 g/mol. The first-order chi connectivity index (χ1) is 9.65. The number of carbonyl (C=O) groups is 3. The van der Waals surface area contributed by atoms with Crippen LogP contribution in [0.4, 0.5) is 0 Å². The summed E-state index contributed by atoms with van der Waals surface area (Å²) in [5.74, 6) is -3.50. The highest BCUT2D eigenvalue weighted by molar-refractivity contribution is 5.96. The second kappa shape index (κ2) is 8.09. The summed E-state index contributed by atoms with van der Waals surface area (Å²) in [6.45, 7) is 3.63. The molecule has 2 atom stereocenters. The molecule has 0 N–H and O–H groups in total. The molecule has 0 aromatic heterocycles. The van der Waals surface area contributed by atoms with E-state index in [0.29, 0.717) is 11.8 Å². The number of benzene rings is 1. The fourth-order valence-electron chi connectivity index (χ4n) is 1.89. The molecule has 0 spiro atoms. The average Bonchev–Trinajstić information content (AvgIpc) is 2.45. The van der Waals surface area contributed by atoms with E-state index in [1.807, 2.05) is 0 Å². The van der Waals surface area contributed by atoms with E-state index in [9.17, 15) is 14.4 Å². The van der Waals surface area contributed by atoms with Crippen LogP contribution in [-0.2, 0) is 23.9 Å². The lowest BCUT2D eigenvalue weighted by molar-refractivity contribution is -0.157. The molecule has 0 fully saturated rings. The first kappa shape index (κ1) is 15.9. The van der Waals surface area contributed by atoms with E-state index < -0.39 is 23.8 Å². The fourth-order valence-corrected chi connectivity index (χ4v) is 1.89. The van der Waals surface area contributed by atoms with Gasteiger partial charge in [-0.2, -0.15) is 0 Å². The molecule has 0 bridgehead atoms. The zero-order valence-electron chi connectivity index (χ0n) is 11.6. The Morgan fingerprint density at radius 3 is 2.10 bits per heavy atom. The second-order valence-electron chi connectivity index (χ2n) is 4.05. The Balaban J connectivity index is 3.12. The molecule has 0 aliphatic carbocycles. The van der Waals surface area contributed by atoms with Crippen molar-refractivity contribution >= 4 is 18.2 Å². The van der Waals surface area contributed by atoms with E-state index in [2.05, 4.69) is 0 Å². The van der Waals surface area contributed by atoms with Gasteiger partial charge in [0.25, 0.3) is 0 Å². The van der Waals surface area contributed by atoms with Crippen LogP contribution >= 0.6 is 0 Å². The maximum absolute atomic E-state index is 12.1. The van der Waals surface area contributed by atoms with Crippen LogP contribution in [0.5, 0.6) is 0 Å². The maximum atomic E-state index is 12.1. The summed E-state index contributed by atoms with van der Waals surface area (Å²) in [6.07, 6.45) is 0.437. The molecule has 108 valence electrons. The van der Waals surface area contributed by atoms with E-state index >= 15 is 0 Å². The van der Waals surface area contributed by atoms with Crippen molar-refractivity contribution in [2.45, 2.75) is 19.8 Å². The number of ether oxygens (including phenoxy) is 2. The number of hydrogen-bond donors (Lipinski definition) is 0. The number of aldehydes is 1. The molecule has 0 amide bonds. The third-order valence-corrected chi connectivity index (χ3v) is 2.76. The molecule has 0 radical (unpaired) electrons. The fraction of sp³-hybridized carbons (Fsp3) is 0.400. The summed E-state index contributed by atoms with van der Waals surface area (Å²) < 4.78 is 9.81. The molecule has 0 aliphatic heterocycles. The highest BCUT2D eigenvalue weighted by Crippen LogP contribution is 2.26. The van der Waals surface area contributed by atoms with Crippen molar-refractivity contribution in [2.75, 3.05) is 13.2 Å². The monoisotopic (exact) mass is 278 g/mol. The highest BCUT2D eigenvalue weighted by Gasteiger charge is 2.37. The van der Waals surface area contributed by atoms with Crippen LogP contribution in [0.3, 0.4) is 0 Å². The quantitative estimate of drug-likeness (QED) is 0.431. The Kier molecular flexibility index (Phi) is 6.43. The minimum Gasteiger partial charge on any atom is -0.465 e. The van der Waals surface area contributed by atoms with Crippen LogP contribution in [0.2, 0.25) is 0 Å². The first-order valence-electron chi connectivity index (χ1n) is 6.49. The van der Waals surface area contributed by atoms with Gasteiger partial charge in [-0.25, -0.2) is 0 Å². The third kappa shape index (κ3) is 3.91. The van der Waals surface area contributed by atoms with Crippen molar-refractivity contribution < 1.29 is 23.9 Å². The summed E-state index contributed by atoms with van der Waals surface area (Å²) in [4.78, 5) is 35.1. The van der Waals surface area contributed by atoms with E-state index in [-0.39, 0.29) is 13.2 Å². The molecule has 5 heteroatoms. The van der Waals surface area contributed by atoms with Gasteiger partial charge in [0, 0.05) is 0 Å². The minimum atomic E-state index is -1.20. The SMILES string of the molecule is CCOC(=O)[C@H](c1ccccc1)[C@@H](C=O)C(=O)OCC. The van der Waals surface area contributed by atoms with Gasteiger partial charge in [-0.1, -0.05) is 30.3 Å². The number of esters is 2. The van der Waals surface area contributed by atoms with Crippen molar-refractivity contribution in [3.05, 3.63) is 35.9 Å². The standard InChI is InChI=1S/C15H18O5/c1-3-19-14(17)12(10-16)13(15(18)20-4-2)11-8-6-5-7-9-11/h5-10,12-13H,3-4H2,1-2H3/t12-,13-/m1/s1. The molecule has 0 saturated heterocycles. The van der Waals surface area contributed by atoms with E-state index in [0.717, 1.165) is 0 Å². The van der Waals surface area contributed by atoms with Gasteiger partial charge in [0.1, 0.15) is 18.1 Å². The van der Waals surface area contributed by atoms with Gasteiger partial charge in [0.05, 0.1) is 13.2 Å². The van der Waals surface area contributed by atoms with Crippen molar-refractivity contribution in [1.29, 1.82) is 0 Å². The van der Waals surface area contributed by atoms with Gasteiger partial charge in [-0.15, -0.1) is 0 Å². The summed E-state index contributed by atoms with van der Waals surface area (Å²) in [5.41, 5.74) is 0.552. The Hall–Kier alpha value is -2.17. The summed E-state index contributed by atoms with van der Waals surface area (Å²) in [6, 6.07) is 8.60. The van der Waals surface area contributed by atoms with Crippen LogP contribution in [0.15, 0.2) is 30.3 Å². The largest absolute Gasteiger partial charge is 0.465 e. The molecule has 1 rings (SSSR count). The minimum absolute atomic E-state index is 0.146. The Bertz CT molecular complexity index is 455. The molecular weight excluding hydrogens is 260 g/mol. The zero-order valence-corrected chi connectivity index (χ0v) is 11.6. The van der Waals surface area contributed by atoms with E-state index in [1.165, 1.54) is 0 Å². The van der Waals surface area contributed by atoms with Gasteiger partial charge in [-0.3, -0.25) is 9.59 Å².